The molecule has 0 radical (unpaired) electrons. The van der Waals surface area contributed by atoms with Gasteiger partial charge in [0.15, 0.2) is 26.7 Å². The molecule has 0 aliphatic carbocycles. The number of thiazole rings is 1. The van der Waals surface area contributed by atoms with Crippen molar-refractivity contribution in [2.45, 2.75) is 63.2 Å². The van der Waals surface area contributed by atoms with Gasteiger partial charge in [0, 0.05) is 42.7 Å². The Morgan fingerprint density at radius 3 is 2.51 bits per heavy atom. The van der Waals surface area contributed by atoms with Gasteiger partial charge in [-0.2, -0.15) is 0 Å². The first-order chi connectivity index (χ1) is 22.4. The van der Waals surface area contributed by atoms with Gasteiger partial charge in [0.2, 0.25) is 0 Å². The van der Waals surface area contributed by atoms with Crippen LogP contribution in [0.1, 0.15) is 62.0 Å². The number of pyridine rings is 1. The van der Waals surface area contributed by atoms with Crippen molar-refractivity contribution in [2.24, 2.45) is 0 Å². The molecule has 0 unspecified atom stereocenters. The summed E-state index contributed by atoms with van der Waals surface area (Å²) in [4.78, 5) is 36.1. The molecule has 1 aliphatic heterocycles. The van der Waals surface area contributed by atoms with Crippen LogP contribution in [0, 0.1) is 0 Å². The third-order valence-electron chi connectivity index (χ3n) is 6.71. The van der Waals surface area contributed by atoms with Gasteiger partial charge in [-0.1, -0.05) is 13.8 Å². The number of ether oxygens (including phenoxy) is 3. The minimum atomic E-state index is -3.53. The number of carbonyl (C=O) groups excluding carboxylic acids is 2. The zero-order valence-electron chi connectivity index (χ0n) is 26.3. The van der Waals surface area contributed by atoms with Crippen LogP contribution in [-0.4, -0.2) is 74.3 Å². The molecule has 256 valence electrons. The third kappa shape index (κ3) is 10.5. The smallest absolute Gasteiger partial charge is 0.336 e. The number of amides is 1. The molecular formula is C30H38N3O11PS2. The van der Waals surface area contributed by atoms with E-state index in [0.717, 1.165) is 17.6 Å². The van der Waals surface area contributed by atoms with Crippen molar-refractivity contribution >= 4 is 45.8 Å². The van der Waals surface area contributed by atoms with Gasteiger partial charge in [-0.15, -0.1) is 11.3 Å². The average molecular weight is 712 g/mol. The highest BCUT2D eigenvalue weighted by Gasteiger charge is 2.31. The van der Waals surface area contributed by atoms with Crippen LogP contribution in [0.2, 0.25) is 0 Å². The first-order valence-corrected chi connectivity index (χ1v) is 19.5. The Kier molecular flexibility index (Phi) is 12.9. The first-order valence-electron chi connectivity index (χ1n) is 15.0. The Hall–Kier alpha value is -3.40. The molecule has 3 heterocycles. The lowest BCUT2D eigenvalue weighted by Crippen LogP contribution is -2.34. The molecule has 0 spiro atoms. The molecule has 1 amide bonds. The number of sulfone groups is 1. The number of benzene rings is 1. The molecule has 14 nitrogen and oxygen atoms in total. The second-order valence-corrected chi connectivity index (χ2v) is 15.5. The van der Waals surface area contributed by atoms with Crippen LogP contribution >= 0.6 is 18.9 Å². The van der Waals surface area contributed by atoms with E-state index < -0.39 is 36.0 Å². The third-order valence-corrected chi connectivity index (χ3v) is 10.5. The molecule has 1 atom stereocenters. The van der Waals surface area contributed by atoms with Gasteiger partial charge in [0.1, 0.15) is 23.4 Å². The molecule has 47 heavy (non-hydrogen) atoms. The Morgan fingerprint density at radius 2 is 1.87 bits per heavy atom. The molecule has 0 saturated carbocycles. The summed E-state index contributed by atoms with van der Waals surface area (Å²) < 4.78 is 64.9. The lowest BCUT2D eigenvalue weighted by Gasteiger charge is -2.22. The minimum absolute atomic E-state index is 0.0854. The van der Waals surface area contributed by atoms with Gasteiger partial charge < -0.3 is 28.4 Å². The van der Waals surface area contributed by atoms with E-state index in [1.165, 1.54) is 35.4 Å². The Bertz CT molecular complexity index is 1670. The summed E-state index contributed by atoms with van der Waals surface area (Å²) in [6.07, 6.45) is 4.09. The van der Waals surface area contributed by atoms with Crippen molar-refractivity contribution in [1.29, 1.82) is 0 Å². The zero-order chi connectivity index (χ0) is 34.0. The second-order valence-electron chi connectivity index (χ2n) is 10.6. The summed E-state index contributed by atoms with van der Waals surface area (Å²) in [5.41, 5.74) is 0.473. The number of aliphatic hydroxyl groups is 1. The normalized spacial score (nSPS) is 15.1. The number of anilines is 1. The predicted molar refractivity (Wildman–Crippen MR) is 173 cm³/mol. The largest absolute Gasteiger partial charge is 0.490 e. The van der Waals surface area contributed by atoms with Crippen molar-refractivity contribution in [3.8, 4) is 17.2 Å². The van der Waals surface area contributed by atoms with Gasteiger partial charge in [0.05, 0.1) is 31.3 Å². The summed E-state index contributed by atoms with van der Waals surface area (Å²) in [5, 5.41) is 11.2. The maximum atomic E-state index is 14.1. The second kappa shape index (κ2) is 16.6. The summed E-state index contributed by atoms with van der Waals surface area (Å²) in [7, 11) is -6.92. The van der Waals surface area contributed by atoms with Crippen LogP contribution in [0.5, 0.6) is 17.2 Å². The van der Waals surface area contributed by atoms with E-state index in [1.807, 2.05) is 13.8 Å². The van der Waals surface area contributed by atoms with Crippen molar-refractivity contribution in [3.63, 3.8) is 0 Å². The van der Waals surface area contributed by atoms with Crippen LogP contribution in [0.25, 0.3) is 0 Å². The summed E-state index contributed by atoms with van der Waals surface area (Å²) in [5.74, 6) is -0.475. The lowest BCUT2D eigenvalue weighted by atomic mass is 10.1. The zero-order valence-corrected chi connectivity index (χ0v) is 28.9. The van der Waals surface area contributed by atoms with Gasteiger partial charge >= 0.3 is 13.6 Å². The Balaban J connectivity index is 1.68. The molecular weight excluding hydrogens is 673 g/mol. The molecule has 1 aromatic carbocycles. The van der Waals surface area contributed by atoms with E-state index in [4.69, 9.17) is 23.3 Å². The van der Waals surface area contributed by atoms with E-state index in [1.54, 1.807) is 11.4 Å². The van der Waals surface area contributed by atoms with Crippen molar-refractivity contribution in [2.75, 3.05) is 37.7 Å². The van der Waals surface area contributed by atoms with E-state index in [2.05, 4.69) is 9.97 Å². The Labute approximate surface area is 277 Å². The van der Waals surface area contributed by atoms with E-state index in [-0.39, 0.29) is 58.3 Å². The van der Waals surface area contributed by atoms with Gasteiger partial charge in [-0.25, -0.2) is 23.3 Å². The molecule has 1 aliphatic rings. The highest BCUT2D eigenvalue weighted by molar-refractivity contribution is 7.90. The lowest BCUT2D eigenvalue weighted by molar-refractivity contribution is -0.143. The standard InChI is InChI=1S/C30H38N3O11PS2/c1-4-7-28(35)40-20-33(30-32-22(19-46-30)18-45(37)41-12-6-13-42-45)29(36)21-14-25(43-23(5-2)10-11-34)16-26(15-21)44-24-8-9-27(31-17-24)47(3,38)39/h8-9,14-17,19,23,34H,4-7,10-13,18,20H2,1-3H3/t23-/m0/s1. The molecule has 0 bridgehead atoms. The van der Waals surface area contributed by atoms with Crippen LogP contribution in [0.4, 0.5) is 5.13 Å². The molecule has 2 aromatic heterocycles. The summed E-state index contributed by atoms with van der Waals surface area (Å²) in [6.45, 7) is 3.78. The fourth-order valence-electron chi connectivity index (χ4n) is 4.34. The fourth-order valence-corrected chi connectivity index (χ4v) is 7.47. The number of hydrogen-bond donors (Lipinski definition) is 1. The average Bonchev–Trinajstić information content (AvgIpc) is 3.48. The highest BCUT2D eigenvalue weighted by atomic mass is 32.2. The number of carbonyl (C=O) groups is 2. The molecule has 1 saturated heterocycles. The number of esters is 1. The maximum absolute atomic E-state index is 14.1. The van der Waals surface area contributed by atoms with E-state index in [0.29, 0.717) is 44.6 Å². The summed E-state index contributed by atoms with van der Waals surface area (Å²) in [6, 6.07) is 7.23. The van der Waals surface area contributed by atoms with Crippen LogP contribution in [0.3, 0.4) is 0 Å². The fraction of sp³-hybridized carbons (Fsp3) is 0.467. The molecule has 17 heteroatoms. The van der Waals surface area contributed by atoms with Crippen LogP contribution in [0.15, 0.2) is 46.9 Å². The maximum Gasteiger partial charge on any atom is 0.336 e. The van der Waals surface area contributed by atoms with Crippen molar-refractivity contribution in [3.05, 3.63) is 53.2 Å². The predicted octanol–water partition coefficient (Wildman–Crippen LogP) is 5.35. The van der Waals surface area contributed by atoms with E-state index in [9.17, 15) is 27.7 Å². The highest BCUT2D eigenvalue weighted by Crippen LogP contribution is 2.53. The van der Waals surface area contributed by atoms with Gasteiger partial charge in [0.25, 0.3) is 5.91 Å². The topological polar surface area (TPSA) is 181 Å². The van der Waals surface area contributed by atoms with Gasteiger partial charge in [-0.05, 0) is 43.5 Å². The van der Waals surface area contributed by atoms with Crippen LogP contribution in [-0.2, 0) is 39.1 Å². The van der Waals surface area contributed by atoms with E-state index >= 15 is 0 Å². The number of aliphatic hydroxyl groups excluding tert-OH is 1. The number of hydrogen-bond acceptors (Lipinski definition) is 14. The SMILES string of the molecule is CCCC(=O)OCN(C(=O)c1cc(Oc2ccc(S(C)(=O)=O)nc2)cc(O[C@@H](CC)CCO)c1)c1nc(CP2(=O)OCCCO2)cs1. The van der Waals surface area contributed by atoms with Crippen molar-refractivity contribution in [1.82, 2.24) is 9.97 Å². The summed E-state index contributed by atoms with van der Waals surface area (Å²) >= 11 is 1.09. The number of aromatic nitrogens is 2. The monoisotopic (exact) mass is 711 g/mol. The van der Waals surface area contributed by atoms with Crippen molar-refractivity contribution < 1.29 is 50.9 Å². The molecule has 1 fully saturated rings. The van der Waals surface area contributed by atoms with Crippen LogP contribution < -0.4 is 14.4 Å². The van der Waals surface area contributed by atoms with Gasteiger partial charge in [-0.3, -0.25) is 14.2 Å². The number of nitrogens with zero attached hydrogens (tertiary/aromatic N) is 3. The first kappa shape index (κ1) is 36.4. The molecule has 4 rings (SSSR count). The minimum Gasteiger partial charge on any atom is -0.490 e. The number of rotatable bonds is 16. The molecule has 3 aromatic rings. The molecule has 1 N–H and O–H groups in total. The Morgan fingerprint density at radius 1 is 1.13 bits per heavy atom. The quantitative estimate of drug-likeness (QED) is 0.114.